The Bertz CT molecular complexity index is 1360. The largest absolute Gasteiger partial charge is 0.454 e. The number of carbonyl (C=O) groups is 1. The van der Waals surface area contributed by atoms with Crippen molar-refractivity contribution in [3.63, 3.8) is 0 Å². The van der Waals surface area contributed by atoms with Crippen molar-refractivity contribution in [2.75, 3.05) is 51.0 Å². The van der Waals surface area contributed by atoms with E-state index in [1.54, 1.807) is 0 Å². The predicted molar refractivity (Wildman–Crippen MR) is 138 cm³/mol. The quantitative estimate of drug-likeness (QED) is 0.345. The molecule has 0 unspecified atom stereocenters. The second-order valence-electron chi connectivity index (χ2n) is 9.48. The van der Waals surface area contributed by atoms with Gasteiger partial charge in [-0.25, -0.2) is 4.98 Å². The van der Waals surface area contributed by atoms with E-state index in [1.165, 1.54) is 23.9 Å². The fourth-order valence-corrected chi connectivity index (χ4v) is 5.10. The van der Waals surface area contributed by atoms with E-state index in [0.29, 0.717) is 25.4 Å². The normalized spacial score (nSPS) is 16.4. The minimum absolute atomic E-state index is 0.0888. The Labute approximate surface area is 219 Å². The molecule has 0 bridgehead atoms. The molecule has 3 aliphatic rings. The second-order valence-corrected chi connectivity index (χ2v) is 9.48. The third-order valence-electron chi connectivity index (χ3n) is 7.12. The zero-order chi connectivity index (χ0) is 26.1. The van der Waals surface area contributed by atoms with Crippen molar-refractivity contribution in [1.29, 1.82) is 0 Å². The molecule has 3 aromatic rings. The van der Waals surface area contributed by atoms with Crippen LogP contribution in [0, 0.1) is 10.1 Å². The number of amides is 1. The molecule has 0 atom stereocenters. The first-order valence-corrected chi connectivity index (χ1v) is 12.6. The molecule has 6 rings (SSSR count). The van der Waals surface area contributed by atoms with Gasteiger partial charge in [0.25, 0.3) is 5.69 Å². The summed E-state index contributed by atoms with van der Waals surface area (Å²) < 4.78 is 16.8. The zero-order valence-corrected chi connectivity index (χ0v) is 20.7. The lowest BCUT2D eigenvalue weighted by Crippen LogP contribution is -2.50. The van der Waals surface area contributed by atoms with Crippen LogP contribution in [0.1, 0.15) is 11.1 Å². The van der Waals surface area contributed by atoms with Gasteiger partial charge in [-0.05, 0) is 36.2 Å². The topological polar surface area (TPSA) is 111 Å². The van der Waals surface area contributed by atoms with Gasteiger partial charge in [-0.15, -0.1) is 0 Å². The van der Waals surface area contributed by atoms with Crippen LogP contribution in [0.25, 0.3) is 0 Å². The van der Waals surface area contributed by atoms with Crippen LogP contribution in [0.5, 0.6) is 23.1 Å². The summed E-state index contributed by atoms with van der Waals surface area (Å²) in [6, 6.07) is 14.6. The van der Waals surface area contributed by atoms with Crippen LogP contribution in [0.4, 0.5) is 11.4 Å². The highest BCUT2D eigenvalue weighted by molar-refractivity contribution is 5.83. The maximum absolute atomic E-state index is 13.2. The van der Waals surface area contributed by atoms with E-state index in [0.717, 1.165) is 55.3 Å². The van der Waals surface area contributed by atoms with E-state index in [4.69, 9.17) is 14.2 Å². The highest BCUT2D eigenvalue weighted by Crippen LogP contribution is 2.37. The standard InChI is InChI=1S/C27H27N5O6/c33-27(30-12-10-29(11-13-30)16-19-4-6-24-25(14-19)37-18-36-24)17-31-9-8-21-22(31)2-1-3-23(21)38-26-7-5-20(15-28-26)32(34)35/h1-7,14-15H,8-13,16-18H2. The summed E-state index contributed by atoms with van der Waals surface area (Å²) in [4.78, 5) is 34.0. The average molecular weight is 518 g/mol. The number of rotatable bonds is 7. The Morgan fingerprint density at radius 3 is 2.66 bits per heavy atom. The van der Waals surface area contributed by atoms with Gasteiger partial charge in [0.1, 0.15) is 11.9 Å². The molecule has 0 aliphatic carbocycles. The molecule has 196 valence electrons. The number of nitro groups is 1. The molecule has 2 aromatic carbocycles. The lowest BCUT2D eigenvalue weighted by molar-refractivity contribution is -0.385. The number of piperazine rings is 1. The van der Waals surface area contributed by atoms with Crippen LogP contribution < -0.4 is 19.1 Å². The van der Waals surface area contributed by atoms with Crippen LogP contribution in [0.2, 0.25) is 0 Å². The minimum Gasteiger partial charge on any atom is -0.454 e. The molecule has 4 heterocycles. The SMILES string of the molecule is O=C(CN1CCc2c(Oc3ccc([N+](=O)[O-])cn3)cccc21)N1CCN(Cc2ccc3c(c2)OCO3)CC1. The molecular weight excluding hydrogens is 490 g/mol. The van der Waals surface area contributed by atoms with Gasteiger partial charge in [0, 0.05) is 62.7 Å². The third kappa shape index (κ3) is 4.92. The molecular formula is C27H27N5O6. The van der Waals surface area contributed by atoms with Gasteiger partial charge in [-0.3, -0.25) is 19.8 Å². The smallest absolute Gasteiger partial charge is 0.287 e. The highest BCUT2D eigenvalue weighted by Gasteiger charge is 2.28. The number of anilines is 1. The number of hydrogen-bond acceptors (Lipinski definition) is 9. The molecule has 1 fully saturated rings. The van der Waals surface area contributed by atoms with Crippen molar-refractivity contribution in [2.24, 2.45) is 0 Å². The first-order chi connectivity index (χ1) is 18.5. The molecule has 0 N–H and O–H groups in total. The molecule has 1 saturated heterocycles. The molecule has 3 aliphatic heterocycles. The van der Waals surface area contributed by atoms with E-state index in [9.17, 15) is 14.9 Å². The highest BCUT2D eigenvalue weighted by atomic mass is 16.7. The Hall–Kier alpha value is -4.38. The fraction of sp³-hybridized carbons (Fsp3) is 0.333. The molecule has 1 aromatic heterocycles. The zero-order valence-electron chi connectivity index (χ0n) is 20.7. The summed E-state index contributed by atoms with van der Waals surface area (Å²) in [5.74, 6) is 2.63. The fourth-order valence-electron chi connectivity index (χ4n) is 5.10. The van der Waals surface area contributed by atoms with Crippen LogP contribution >= 0.6 is 0 Å². The number of hydrogen-bond donors (Lipinski definition) is 0. The second kappa shape index (κ2) is 10.2. The number of carbonyl (C=O) groups excluding carboxylic acids is 1. The van der Waals surface area contributed by atoms with E-state index in [2.05, 4.69) is 20.9 Å². The Kier molecular flexibility index (Phi) is 6.42. The van der Waals surface area contributed by atoms with Crippen LogP contribution in [0.3, 0.4) is 0 Å². The Morgan fingerprint density at radius 2 is 1.87 bits per heavy atom. The number of benzene rings is 2. The molecule has 1 amide bonds. The average Bonchev–Trinajstić information content (AvgIpc) is 3.57. The first kappa shape index (κ1) is 24.0. The Morgan fingerprint density at radius 1 is 1.03 bits per heavy atom. The van der Waals surface area contributed by atoms with Crippen molar-refractivity contribution in [2.45, 2.75) is 13.0 Å². The summed E-state index contributed by atoms with van der Waals surface area (Å²) in [6.07, 6.45) is 1.92. The molecule has 0 saturated carbocycles. The summed E-state index contributed by atoms with van der Waals surface area (Å²) in [5, 5.41) is 10.9. The molecule has 11 nitrogen and oxygen atoms in total. The van der Waals surface area contributed by atoms with E-state index in [-0.39, 0.29) is 24.3 Å². The summed E-state index contributed by atoms with van der Waals surface area (Å²) in [7, 11) is 0. The predicted octanol–water partition coefficient (Wildman–Crippen LogP) is 3.22. The Balaban J connectivity index is 1.04. The number of ether oxygens (including phenoxy) is 3. The van der Waals surface area contributed by atoms with Gasteiger partial charge < -0.3 is 24.0 Å². The summed E-state index contributed by atoms with van der Waals surface area (Å²) in [5.41, 5.74) is 3.06. The minimum atomic E-state index is -0.495. The van der Waals surface area contributed by atoms with Crippen molar-refractivity contribution in [1.82, 2.24) is 14.8 Å². The van der Waals surface area contributed by atoms with Crippen LogP contribution in [-0.4, -0.2) is 71.7 Å². The number of aromatic nitrogens is 1. The molecule has 11 heteroatoms. The van der Waals surface area contributed by atoms with Gasteiger partial charge in [-0.2, -0.15) is 0 Å². The lowest BCUT2D eigenvalue weighted by atomic mass is 10.1. The molecule has 0 spiro atoms. The number of fused-ring (bicyclic) bond motifs is 2. The summed E-state index contributed by atoms with van der Waals surface area (Å²) in [6.45, 7) is 5.14. The van der Waals surface area contributed by atoms with E-state index < -0.39 is 4.92 Å². The van der Waals surface area contributed by atoms with E-state index >= 15 is 0 Å². The van der Waals surface area contributed by atoms with Crippen molar-refractivity contribution < 1.29 is 23.9 Å². The van der Waals surface area contributed by atoms with Gasteiger partial charge in [0.15, 0.2) is 11.5 Å². The molecule has 0 radical (unpaired) electrons. The maximum Gasteiger partial charge on any atom is 0.287 e. The monoisotopic (exact) mass is 517 g/mol. The van der Waals surface area contributed by atoms with Gasteiger partial charge in [0.2, 0.25) is 18.6 Å². The lowest BCUT2D eigenvalue weighted by Gasteiger charge is -2.35. The summed E-state index contributed by atoms with van der Waals surface area (Å²) >= 11 is 0. The number of pyridine rings is 1. The van der Waals surface area contributed by atoms with Crippen molar-refractivity contribution in [3.05, 3.63) is 76.0 Å². The number of nitrogens with zero attached hydrogens (tertiary/aromatic N) is 5. The van der Waals surface area contributed by atoms with Gasteiger partial charge >= 0.3 is 0 Å². The van der Waals surface area contributed by atoms with Crippen LogP contribution in [-0.2, 0) is 17.8 Å². The molecule has 38 heavy (non-hydrogen) atoms. The van der Waals surface area contributed by atoms with Crippen LogP contribution in [0.15, 0.2) is 54.7 Å². The van der Waals surface area contributed by atoms with Crippen molar-refractivity contribution in [3.8, 4) is 23.1 Å². The third-order valence-corrected chi connectivity index (χ3v) is 7.12. The van der Waals surface area contributed by atoms with Gasteiger partial charge in [0.05, 0.1) is 11.5 Å². The maximum atomic E-state index is 13.2. The van der Waals surface area contributed by atoms with Gasteiger partial charge in [-0.1, -0.05) is 12.1 Å². The van der Waals surface area contributed by atoms with E-state index in [1.807, 2.05) is 35.2 Å². The van der Waals surface area contributed by atoms with Crippen molar-refractivity contribution >= 4 is 17.3 Å². The first-order valence-electron chi connectivity index (χ1n) is 12.6.